The number of nitrogens with zero attached hydrogens (tertiary/aromatic N) is 1. The second kappa shape index (κ2) is 5.04. The Labute approximate surface area is 101 Å². The molecule has 1 N–H and O–H groups in total. The van der Waals surface area contributed by atoms with Crippen LogP contribution in [0.4, 0.5) is 0 Å². The summed E-state index contributed by atoms with van der Waals surface area (Å²) < 4.78 is 5.29. The molecular weight excluding hydrogens is 222 g/mol. The van der Waals surface area contributed by atoms with E-state index in [0.29, 0.717) is 19.8 Å². The molecule has 96 valence electrons. The SMILES string of the molecule is CC1CCN(C(=O)C2CCCOC2)C1C(=O)O. The van der Waals surface area contributed by atoms with Gasteiger partial charge in [0.25, 0.3) is 0 Å². The molecule has 2 rings (SSSR count). The molecule has 0 aromatic rings. The fourth-order valence-electron chi connectivity index (χ4n) is 2.74. The molecule has 3 unspecified atom stereocenters. The largest absolute Gasteiger partial charge is 0.480 e. The number of carboxylic acids is 1. The predicted molar refractivity (Wildman–Crippen MR) is 60.5 cm³/mol. The van der Waals surface area contributed by atoms with Crippen molar-refractivity contribution in [3.8, 4) is 0 Å². The average Bonchev–Trinajstić information content (AvgIpc) is 2.71. The summed E-state index contributed by atoms with van der Waals surface area (Å²) in [4.78, 5) is 25.0. The lowest BCUT2D eigenvalue weighted by molar-refractivity contribution is -0.152. The first-order valence-electron chi connectivity index (χ1n) is 6.22. The third-order valence-electron chi connectivity index (χ3n) is 3.75. The van der Waals surface area contributed by atoms with Gasteiger partial charge in [0.1, 0.15) is 6.04 Å². The smallest absolute Gasteiger partial charge is 0.326 e. The van der Waals surface area contributed by atoms with Gasteiger partial charge in [0.15, 0.2) is 0 Å². The Hall–Kier alpha value is -1.10. The van der Waals surface area contributed by atoms with E-state index < -0.39 is 12.0 Å². The predicted octanol–water partition coefficient (Wildman–Crippen LogP) is 0.735. The fraction of sp³-hybridized carbons (Fsp3) is 0.833. The summed E-state index contributed by atoms with van der Waals surface area (Å²) in [5.41, 5.74) is 0. The molecule has 0 radical (unpaired) electrons. The maximum atomic E-state index is 12.2. The number of likely N-dealkylation sites (tertiary alicyclic amines) is 1. The Morgan fingerprint density at radius 3 is 2.71 bits per heavy atom. The first-order valence-corrected chi connectivity index (χ1v) is 6.22. The minimum absolute atomic E-state index is 0.0403. The van der Waals surface area contributed by atoms with E-state index in [1.54, 1.807) is 0 Å². The zero-order valence-corrected chi connectivity index (χ0v) is 10.1. The van der Waals surface area contributed by atoms with Crippen LogP contribution < -0.4 is 0 Å². The van der Waals surface area contributed by atoms with Crippen molar-refractivity contribution in [2.45, 2.75) is 32.2 Å². The van der Waals surface area contributed by atoms with E-state index in [0.717, 1.165) is 19.3 Å². The average molecular weight is 241 g/mol. The first-order chi connectivity index (χ1) is 8.11. The van der Waals surface area contributed by atoms with Crippen molar-refractivity contribution in [3.63, 3.8) is 0 Å². The van der Waals surface area contributed by atoms with Crippen LogP contribution in [-0.4, -0.2) is 47.7 Å². The van der Waals surface area contributed by atoms with E-state index in [9.17, 15) is 14.7 Å². The van der Waals surface area contributed by atoms with Gasteiger partial charge in [0, 0.05) is 13.2 Å². The molecule has 0 aliphatic carbocycles. The molecule has 0 bridgehead atoms. The first kappa shape index (κ1) is 12.4. The van der Waals surface area contributed by atoms with Crippen LogP contribution in [0.2, 0.25) is 0 Å². The van der Waals surface area contributed by atoms with Crippen LogP contribution in [0.3, 0.4) is 0 Å². The zero-order valence-electron chi connectivity index (χ0n) is 10.1. The Morgan fingerprint density at radius 1 is 1.35 bits per heavy atom. The number of hydrogen-bond acceptors (Lipinski definition) is 3. The Morgan fingerprint density at radius 2 is 2.12 bits per heavy atom. The summed E-state index contributed by atoms with van der Waals surface area (Å²) >= 11 is 0. The number of carboxylic acid groups (broad SMARTS) is 1. The zero-order chi connectivity index (χ0) is 12.4. The normalized spacial score (nSPS) is 33.7. The molecule has 2 aliphatic rings. The van der Waals surface area contributed by atoms with Gasteiger partial charge in [-0.2, -0.15) is 0 Å². The van der Waals surface area contributed by atoms with Gasteiger partial charge in [0.05, 0.1) is 12.5 Å². The molecule has 3 atom stereocenters. The Bertz CT molecular complexity index is 312. The fourth-order valence-corrected chi connectivity index (χ4v) is 2.74. The highest BCUT2D eigenvalue weighted by atomic mass is 16.5. The molecule has 0 aromatic heterocycles. The molecule has 0 aromatic carbocycles. The molecule has 2 fully saturated rings. The van der Waals surface area contributed by atoms with E-state index >= 15 is 0 Å². The van der Waals surface area contributed by atoms with Crippen molar-refractivity contribution in [1.82, 2.24) is 4.90 Å². The number of carbonyl (C=O) groups is 2. The van der Waals surface area contributed by atoms with Crippen LogP contribution in [0.5, 0.6) is 0 Å². The van der Waals surface area contributed by atoms with Gasteiger partial charge in [-0.05, 0) is 25.2 Å². The van der Waals surface area contributed by atoms with E-state index in [2.05, 4.69) is 0 Å². The Balaban J connectivity index is 2.05. The minimum atomic E-state index is -0.889. The number of rotatable bonds is 2. The van der Waals surface area contributed by atoms with Gasteiger partial charge < -0.3 is 14.7 Å². The maximum absolute atomic E-state index is 12.2. The van der Waals surface area contributed by atoms with Crippen LogP contribution in [0.15, 0.2) is 0 Å². The van der Waals surface area contributed by atoms with Crippen LogP contribution in [-0.2, 0) is 14.3 Å². The third-order valence-corrected chi connectivity index (χ3v) is 3.75. The summed E-state index contributed by atoms with van der Waals surface area (Å²) in [5, 5.41) is 9.18. The highest BCUT2D eigenvalue weighted by Gasteiger charge is 2.41. The molecule has 5 nitrogen and oxygen atoms in total. The number of amides is 1. The van der Waals surface area contributed by atoms with Crippen molar-refractivity contribution >= 4 is 11.9 Å². The summed E-state index contributed by atoms with van der Waals surface area (Å²) in [7, 11) is 0. The van der Waals surface area contributed by atoms with Gasteiger partial charge in [0.2, 0.25) is 5.91 Å². The Kier molecular flexibility index (Phi) is 3.66. The topological polar surface area (TPSA) is 66.8 Å². The van der Waals surface area contributed by atoms with Crippen LogP contribution in [0.25, 0.3) is 0 Å². The standard InChI is InChI=1S/C12H19NO4/c1-8-4-5-13(10(8)12(15)16)11(14)9-3-2-6-17-7-9/h8-10H,2-7H2,1H3,(H,15,16). The molecule has 17 heavy (non-hydrogen) atoms. The highest BCUT2D eigenvalue weighted by Crippen LogP contribution is 2.27. The van der Waals surface area contributed by atoms with Crippen molar-refractivity contribution in [3.05, 3.63) is 0 Å². The molecule has 0 saturated carbocycles. The van der Waals surface area contributed by atoms with Crippen LogP contribution in [0.1, 0.15) is 26.2 Å². The second-order valence-electron chi connectivity index (χ2n) is 4.99. The number of aliphatic carboxylic acids is 1. The van der Waals surface area contributed by atoms with Crippen molar-refractivity contribution in [1.29, 1.82) is 0 Å². The third kappa shape index (κ3) is 2.44. The van der Waals surface area contributed by atoms with Gasteiger partial charge in [-0.15, -0.1) is 0 Å². The van der Waals surface area contributed by atoms with Gasteiger partial charge in [-0.3, -0.25) is 4.79 Å². The van der Waals surface area contributed by atoms with E-state index in [1.165, 1.54) is 4.90 Å². The number of hydrogen-bond donors (Lipinski definition) is 1. The molecule has 2 saturated heterocycles. The van der Waals surface area contributed by atoms with Gasteiger partial charge >= 0.3 is 5.97 Å². The molecule has 1 amide bonds. The van der Waals surface area contributed by atoms with Crippen LogP contribution in [0, 0.1) is 11.8 Å². The van der Waals surface area contributed by atoms with E-state index in [-0.39, 0.29) is 17.7 Å². The van der Waals surface area contributed by atoms with E-state index in [1.807, 2.05) is 6.92 Å². The summed E-state index contributed by atoms with van der Waals surface area (Å²) in [6, 6.07) is -0.649. The lowest BCUT2D eigenvalue weighted by Crippen LogP contribution is -2.46. The van der Waals surface area contributed by atoms with Crippen molar-refractivity contribution < 1.29 is 19.4 Å². The lowest BCUT2D eigenvalue weighted by atomic mass is 9.99. The van der Waals surface area contributed by atoms with E-state index in [4.69, 9.17) is 4.74 Å². The van der Waals surface area contributed by atoms with Crippen molar-refractivity contribution in [2.24, 2.45) is 11.8 Å². The van der Waals surface area contributed by atoms with Crippen molar-refractivity contribution in [2.75, 3.05) is 19.8 Å². The quantitative estimate of drug-likeness (QED) is 0.774. The molecule has 2 aliphatic heterocycles. The number of ether oxygens (including phenoxy) is 1. The molecule has 2 heterocycles. The molecule has 0 spiro atoms. The number of carbonyl (C=O) groups excluding carboxylic acids is 1. The highest BCUT2D eigenvalue weighted by molar-refractivity contribution is 5.86. The van der Waals surface area contributed by atoms with Crippen LogP contribution >= 0.6 is 0 Å². The van der Waals surface area contributed by atoms with Gasteiger partial charge in [-0.1, -0.05) is 6.92 Å². The van der Waals surface area contributed by atoms with Gasteiger partial charge in [-0.25, -0.2) is 4.79 Å². The second-order valence-corrected chi connectivity index (χ2v) is 4.99. The summed E-state index contributed by atoms with van der Waals surface area (Å²) in [6.07, 6.45) is 2.48. The monoisotopic (exact) mass is 241 g/mol. The minimum Gasteiger partial charge on any atom is -0.480 e. The summed E-state index contributed by atoms with van der Waals surface area (Å²) in [5.74, 6) is -1.03. The maximum Gasteiger partial charge on any atom is 0.326 e. The molecular formula is C12H19NO4. The molecule has 5 heteroatoms. The summed E-state index contributed by atoms with van der Waals surface area (Å²) in [6.45, 7) is 3.61. The lowest BCUT2D eigenvalue weighted by Gasteiger charge is -2.29.